The summed E-state index contributed by atoms with van der Waals surface area (Å²) in [7, 11) is 0. The van der Waals surface area contributed by atoms with Crippen molar-refractivity contribution in [2.24, 2.45) is 0 Å². The maximum Gasteiger partial charge on any atom is 0.293 e. The van der Waals surface area contributed by atoms with Gasteiger partial charge in [-0.1, -0.05) is 29.3 Å². The van der Waals surface area contributed by atoms with Crippen molar-refractivity contribution in [3.8, 4) is 11.3 Å². The van der Waals surface area contributed by atoms with Crippen LogP contribution in [-0.4, -0.2) is 23.6 Å². The second-order valence-corrected chi connectivity index (χ2v) is 8.95. The number of nitrogens with one attached hydrogen (secondary N) is 2. The highest BCUT2D eigenvalue weighted by Crippen LogP contribution is 2.34. The van der Waals surface area contributed by atoms with Gasteiger partial charge in [-0.15, -0.1) is 0 Å². The van der Waals surface area contributed by atoms with E-state index in [1.165, 1.54) is 24.9 Å². The topological polar surface area (TPSA) is 57.5 Å². The average molecular weight is 488 g/mol. The van der Waals surface area contributed by atoms with Crippen molar-refractivity contribution < 1.29 is 9.21 Å². The van der Waals surface area contributed by atoms with E-state index in [0.717, 1.165) is 12.2 Å². The summed E-state index contributed by atoms with van der Waals surface area (Å²) in [5.41, 5.74) is 2.61. The molecule has 2 aromatic carbocycles. The predicted octanol–water partition coefficient (Wildman–Crippen LogP) is 6.76. The van der Waals surface area contributed by atoms with Crippen LogP contribution < -0.4 is 15.5 Å². The largest absolute Gasteiger partial charge is 0.451 e. The Kier molecular flexibility index (Phi) is 7.04. The van der Waals surface area contributed by atoms with E-state index in [9.17, 15) is 4.79 Å². The third kappa shape index (κ3) is 5.09. The van der Waals surface area contributed by atoms with Crippen LogP contribution in [-0.2, 0) is 0 Å². The lowest BCUT2D eigenvalue weighted by Crippen LogP contribution is -2.37. The molecule has 1 aliphatic rings. The van der Waals surface area contributed by atoms with Crippen LogP contribution in [0.5, 0.6) is 0 Å². The minimum absolute atomic E-state index is 0.120. The Hall–Kier alpha value is -2.54. The number of halogens is 2. The molecule has 1 unspecified atom stereocenters. The Morgan fingerprint density at radius 2 is 1.88 bits per heavy atom. The number of carbonyl (C=O) groups excluding carboxylic acids is 1. The fourth-order valence-electron chi connectivity index (χ4n) is 3.84. The number of hydrogen-bond donors (Lipinski definition) is 2. The van der Waals surface area contributed by atoms with Crippen molar-refractivity contribution in [2.45, 2.75) is 32.2 Å². The summed E-state index contributed by atoms with van der Waals surface area (Å²) < 4.78 is 5.66. The van der Waals surface area contributed by atoms with E-state index in [2.05, 4.69) is 34.6 Å². The predicted molar refractivity (Wildman–Crippen MR) is 135 cm³/mol. The minimum Gasteiger partial charge on any atom is -0.451 e. The van der Waals surface area contributed by atoms with Gasteiger partial charge in [0, 0.05) is 29.5 Å². The SMILES string of the molecule is CC1CCCCN1c1ccc(NC(=S)NC(=O)c2ccc(-c3cccc(Cl)c3Cl)o2)cc1. The maximum absolute atomic E-state index is 12.5. The van der Waals surface area contributed by atoms with Crippen LogP contribution in [0.4, 0.5) is 11.4 Å². The molecule has 0 bridgehead atoms. The van der Waals surface area contributed by atoms with Crippen LogP contribution in [0.1, 0.15) is 36.7 Å². The number of hydrogen-bond acceptors (Lipinski definition) is 4. The molecule has 2 N–H and O–H groups in total. The van der Waals surface area contributed by atoms with Gasteiger partial charge in [-0.25, -0.2) is 0 Å². The number of furan rings is 1. The number of carbonyl (C=O) groups is 1. The third-order valence-corrected chi connectivity index (χ3v) is 6.56. The van der Waals surface area contributed by atoms with E-state index >= 15 is 0 Å². The van der Waals surface area contributed by atoms with E-state index in [1.54, 1.807) is 30.3 Å². The molecule has 1 atom stereocenters. The Morgan fingerprint density at radius 1 is 1.09 bits per heavy atom. The van der Waals surface area contributed by atoms with Crippen LogP contribution in [0, 0.1) is 0 Å². The van der Waals surface area contributed by atoms with Crippen LogP contribution in [0.3, 0.4) is 0 Å². The number of anilines is 2. The van der Waals surface area contributed by atoms with Crippen LogP contribution in [0.2, 0.25) is 10.0 Å². The monoisotopic (exact) mass is 487 g/mol. The first kappa shape index (κ1) is 22.6. The standard InChI is InChI=1S/C24H23Cl2N3O2S/c1-15-5-2-3-14-29(15)17-10-8-16(9-11-17)27-24(32)28-23(30)21-13-12-20(31-21)18-6-4-7-19(25)22(18)26/h4,6-13,15H,2-3,5,14H2,1H3,(H2,27,28,30,32). The van der Waals surface area contributed by atoms with Crippen LogP contribution in [0.25, 0.3) is 11.3 Å². The molecule has 3 aromatic rings. The summed E-state index contributed by atoms with van der Waals surface area (Å²) in [5.74, 6) is 0.115. The average Bonchev–Trinajstić information content (AvgIpc) is 3.27. The van der Waals surface area contributed by atoms with E-state index < -0.39 is 5.91 Å². The molecule has 8 heteroatoms. The Balaban J connectivity index is 1.37. The van der Waals surface area contributed by atoms with Crippen LogP contribution >= 0.6 is 35.4 Å². The molecule has 2 heterocycles. The molecular formula is C24H23Cl2N3O2S. The van der Waals surface area contributed by atoms with Crippen molar-refractivity contribution in [3.05, 3.63) is 70.4 Å². The molecule has 5 nitrogen and oxygen atoms in total. The molecule has 1 fully saturated rings. The van der Waals surface area contributed by atoms with Crippen molar-refractivity contribution in [1.29, 1.82) is 0 Å². The minimum atomic E-state index is -0.453. The second kappa shape index (κ2) is 9.94. The van der Waals surface area contributed by atoms with Gasteiger partial charge in [0.2, 0.25) is 0 Å². The molecule has 1 saturated heterocycles. The van der Waals surface area contributed by atoms with Gasteiger partial charge in [0.15, 0.2) is 10.9 Å². The summed E-state index contributed by atoms with van der Waals surface area (Å²) in [6.07, 6.45) is 3.72. The molecule has 32 heavy (non-hydrogen) atoms. The molecule has 1 aliphatic heterocycles. The van der Waals surface area contributed by atoms with Gasteiger partial charge in [-0.2, -0.15) is 0 Å². The number of piperidine rings is 1. The molecule has 1 amide bonds. The lowest BCUT2D eigenvalue weighted by Gasteiger charge is -2.35. The second-order valence-electron chi connectivity index (χ2n) is 7.76. The zero-order valence-electron chi connectivity index (χ0n) is 17.5. The summed E-state index contributed by atoms with van der Waals surface area (Å²) >= 11 is 17.6. The van der Waals surface area contributed by atoms with Gasteiger partial charge >= 0.3 is 0 Å². The summed E-state index contributed by atoms with van der Waals surface area (Å²) in [6.45, 7) is 3.34. The number of thiocarbonyl (C=S) groups is 1. The quantitative estimate of drug-likeness (QED) is 0.398. The van der Waals surface area contributed by atoms with Gasteiger partial charge in [0.1, 0.15) is 5.76 Å². The van der Waals surface area contributed by atoms with E-state index in [4.69, 9.17) is 39.8 Å². The third-order valence-electron chi connectivity index (χ3n) is 5.53. The number of benzene rings is 2. The molecule has 4 rings (SSSR count). The fourth-order valence-corrected chi connectivity index (χ4v) is 4.45. The lowest BCUT2D eigenvalue weighted by molar-refractivity contribution is 0.0951. The molecule has 0 saturated carbocycles. The molecule has 0 aliphatic carbocycles. The molecule has 166 valence electrons. The zero-order valence-corrected chi connectivity index (χ0v) is 19.9. The Labute approximate surface area is 202 Å². The van der Waals surface area contributed by atoms with E-state index in [1.807, 2.05) is 12.1 Å². The zero-order chi connectivity index (χ0) is 22.7. The Bertz CT molecular complexity index is 1130. The maximum atomic E-state index is 12.5. The molecule has 0 spiro atoms. The first-order chi connectivity index (χ1) is 15.4. The number of amides is 1. The summed E-state index contributed by atoms with van der Waals surface area (Å²) in [4.78, 5) is 15.0. The highest BCUT2D eigenvalue weighted by atomic mass is 35.5. The first-order valence-corrected chi connectivity index (χ1v) is 11.6. The first-order valence-electron chi connectivity index (χ1n) is 10.5. The highest BCUT2D eigenvalue weighted by molar-refractivity contribution is 7.80. The Morgan fingerprint density at radius 3 is 2.62 bits per heavy atom. The van der Waals surface area contributed by atoms with Crippen LogP contribution in [0.15, 0.2) is 59.0 Å². The van der Waals surface area contributed by atoms with Crippen molar-refractivity contribution in [2.75, 3.05) is 16.8 Å². The van der Waals surface area contributed by atoms with Gasteiger partial charge in [0.25, 0.3) is 5.91 Å². The van der Waals surface area contributed by atoms with E-state index in [-0.39, 0.29) is 10.9 Å². The number of nitrogens with zero attached hydrogens (tertiary/aromatic N) is 1. The molecular weight excluding hydrogens is 465 g/mol. The molecule has 0 radical (unpaired) electrons. The highest BCUT2D eigenvalue weighted by Gasteiger charge is 2.19. The fraction of sp³-hybridized carbons (Fsp3) is 0.250. The summed E-state index contributed by atoms with van der Waals surface area (Å²) in [5, 5.41) is 6.65. The smallest absolute Gasteiger partial charge is 0.293 e. The van der Waals surface area contributed by atoms with Gasteiger partial charge in [-0.3, -0.25) is 10.1 Å². The van der Waals surface area contributed by atoms with Gasteiger partial charge < -0.3 is 14.6 Å². The van der Waals surface area contributed by atoms with Crippen molar-refractivity contribution in [1.82, 2.24) is 5.32 Å². The van der Waals surface area contributed by atoms with Gasteiger partial charge in [0.05, 0.1) is 10.0 Å². The van der Waals surface area contributed by atoms with E-state index in [0.29, 0.717) is 27.4 Å². The summed E-state index contributed by atoms with van der Waals surface area (Å²) in [6, 6.07) is 17.1. The van der Waals surface area contributed by atoms with Crippen molar-refractivity contribution >= 4 is 57.8 Å². The van der Waals surface area contributed by atoms with Gasteiger partial charge in [-0.05, 0) is 86.9 Å². The normalized spacial score (nSPS) is 16.0. The van der Waals surface area contributed by atoms with Crippen molar-refractivity contribution in [3.63, 3.8) is 0 Å². The lowest BCUT2D eigenvalue weighted by atomic mass is 10.0. The molecule has 1 aromatic heterocycles. The number of rotatable bonds is 4.